The molecule has 130 valence electrons. The molecule has 1 heterocycles. The van der Waals surface area contributed by atoms with E-state index in [0.29, 0.717) is 11.3 Å². The first-order valence-corrected chi connectivity index (χ1v) is 8.08. The molecule has 1 aliphatic heterocycles. The number of hydrogen-bond donors (Lipinski definition) is 2. The number of aliphatic hydroxyl groups is 2. The highest BCUT2D eigenvalue weighted by atomic mass is 16.5. The van der Waals surface area contributed by atoms with Crippen molar-refractivity contribution in [3.05, 3.63) is 59.4 Å². The molecule has 0 aromatic heterocycles. The van der Waals surface area contributed by atoms with Crippen LogP contribution in [0.2, 0.25) is 0 Å². The minimum atomic E-state index is -1.35. The van der Waals surface area contributed by atoms with E-state index in [-0.39, 0.29) is 18.6 Å². The summed E-state index contributed by atoms with van der Waals surface area (Å²) in [5.74, 6) is -0.389. The molecule has 24 heavy (non-hydrogen) atoms. The Balaban J connectivity index is 2.47. The van der Waals surface area contributed by atoms with Gasteiger partial charge in [-0.25, -0.2) is 4.79 Å². The molecule has 0 amide bonds. The lowest BCUT2D eigenvalue weighted by atomic mass is 9.88. The van der Waals surface area contributed by atoms with Crippen molar-refractivity contribution in [1.82, 2.24) is 4.90 Å². The predicted octanol–water partition coefficient (Wildman–Crippen LogP) is 2.61. The van der Waals surface area contributed by atoms with Crippen LogP contribution in [0, 0.1) is 0 Å². The monoisotopic (exact) mass is 331 g/mol. The van der Waals surface area contributed by atoms with Crippen molar-refractivity contribution in [3.63, 3.8) is 0 Å². The third kappa shape index (κ3) is 3.68. The summed E-state index contributed by atoms with van der Waals surface area (Å²) in [6, 6.07) is 7.19. The third-order valence-electron chi connectivity index (χ3n) is 4.33. The van der Waals surface area contributed by atoms with Crippen LogP contribution in [0.25, 0.3) is 0 Å². The maximum atomic E-state index is 12.1. The zero-order chi connectivity index (χ0) is 17.7. The van der Waals surface area contributed by atoms with Crippen molar-refractivity contribution in [2.45, 2.75) is 38.3 Å². The Hall–Kier alpha value is -2.11. The van der Waals surface area contributed by atoms with Crippen LogP contribution in [-0.4, -0.2) is 34.8 Å². The largest absolute Gasteiger partial charge is 0.464 e. The molecule has 2 N–H and O–H groups in total. The molecule has 0 spiro atoms. The number of benzene rings is 1. The lowest BCUT2D eigenvalue weighted by Crippen LogP contribution is -2.31. The molecule has 1 unspecified atom stereocenters. The van der Waals surface area contributed by atoms with Gasteiger partial charge in [-0.15, -0.1) is 0 Å². The van der Waals surface area contributed by atoms with Gasteiger partial charge in [0.1, 0.15) is 11.3 Å². The number of rotatable bonds is 5. The van der Waals surface area contributed by atoms with Gasteiger partial charge in [-0.1, -0.05) is 36.4 Å². The molecule has 0 saturated carbocycles. The van der Waals surface area contributed by atoms with Crippen LogP contribution in [-0.2, 0) is 15.1 Å². The molecule has 0 radical (unpaired) electrons. The molecule has 5 nitrogen and oxygen atoms in total. The summed E-state index contributed by atoms with van der Waals surface area (Å²) < 4.78 is 4.91. The highest BCUT2D eigenvalue weighted by molar-refractivity contribution is 5.88. The number of esters is 1. The molecule has 0 bridgehead atoms. The van der Waals surface area contributed by atoms with E-state index in [1.807, 2.05) is 48.4 Å². The average molecular weight is 331 g/mol. The summed E-state index contributed by atoms with van der Waals surface area (Å²) in [7, 11) is 1.37. The van der Waals surface area contributed by atoms with Crippen LogP contribution in [0.3, 0.4) is 0 Å². The summed E-state index contributed by atoms with van der Waals surface area (Å²) in [6.07, 6.45) is 7.37. The van der Waals surface area contributed by atoms with Gasteiger partial charge in [-0.2, -0.15) is 0 Å². The Kier molecular flexibility index (Phi) is 5.80. The number of aliphatic hydroxyl groups excluding tert-OH is 1. The third-order valence-corrected chi connectivity index (χ3v) is 4.33. The van der Waals surface area contributed by atoms with Gasteiger partial charge in [-0.3, -0.25) is 0 Å². The Morgan fingerprint density at radius 2 is 2.08 bits per heavy atom. The first-order valence-electron chi connectivity index (χ1n) is 8.08. The first kappa shape index (κ1) is 18.2. The van der Waals surface area contributed by atoms with E-state index in [0.717, 1.165) is 18.4 Å². The smallest absolute Gasteiger partial charge is 0.354 e. The van der Waals surface area contributed by atoms with Gasteiger partial charge < -0.3 is 19.8 Å². The van der Waals surface area contributed by atoms with E-state index in [9.17, 15) is 15.0 Å². The predicted molar refractivity (Wildman–Crippen MR) is 91.8 cm³/mol. The van der Waals surface area contributed by atoms with Gasteiger partial charge in [-0.05, 0) is 37.8 Å². The molecule has 1 aromatic rings. The van der Waals surface area contributed by atoms with Crippen LogP contribution in [0.4, 0.5) is 0 Å². The SMILES string of the molecule is COC(=O)C1=CCCC=CN1[C@@H](C)c1ccccc1C(C)(O)CO. The Morgan fingerprint density at radius 3 is 2.75 bits per heavy atom. The zero-order valence-corrected chi connectivity index (χ0v) is 14.4. The van der Waals surface area contributed by atoms with E-state index < -0.39 is 5.60 Å². The minimum Gasteiger partial charge on any atom is -0.464 e. The van der Waals surface area contributed by atoms with E-state index in [4.69, 9.17) is 4.74 Å². The normalized spacial score (nSPS) is 18.4. The topological polar surface area (TPSA) is 70.0 Å². The quantitative estimate of drug-likeness (QED) is 0.812. The fourth-order valence-electron chi connectivity index (χ4n) is 2.91. The molecule has 5 heteroatoms. The molecular formula is C19H25NO4. The molecule has 0 aliphatic carbocycles. The van der Waals surface area contributed by atoms with Gasteiger partial charge >= 0.3 is 5.97 Å². The van der Waals surface area contributed by atoms with Crippen molar-refractivity contribution >= 4 is 5.97 Å². The van der Waals surface area contributed by atoms with Crippen LogP contribution < -0.4 is 0 Å². The fourth-order valence-corrected chi connectivity index (χ4v) is 2.91. The maximum Gasteiger partial charge on any atom is 0.354 e. The van der Waals surface area contributed by atoms with E-state index in [1.165, 1.54) is 7.11 Å². The second kappa shape index (κ2) is 7.64. The van der Waals surface area contributed by atoms with Gasteiger partial charge in [0.15, 0.2) is 0 Å². The summed E-state index contributed by atoms with van der Waals surface area (Å²) in [4.78, 5) is 14.0. The molecule has 0 saturated heterocycles. The first-order chi connectivity index (χ1) is 11.4. The highest BCUT2D eigenvalue weighted by Crippen LogP contribution is 2.34. The van der Waals surface area contributed by atoms with Crippen molar-refractivity contribution in [1.29, 1.82) is 0 Å². The van der Waals surface area contributed by atoms with Crippen molar-refractivity contribution in [2.75, 3.05) is 13.7 Å². The van der Waals surface area contributed by atoms with Crippen LogP contribution >= 0.6 is 0 Å². The van der Waals surface area contributed by atoms with Gasteiger partial charge in [0.25, 0.3) is 0 Å². The number of nitrogens with zero attached hydrogens (tertiary/aromatic N) is 1. The molecule has 1 aromatic carbocycles. The molecule has 0 fully saturated rings. The molecular weight excluding hydrogens is 306 g/mol. The van der Waals surface area contributed by atoms with Crippen molar-refractivity contribution < 1.29 is 19.7 Å². The number of ether oxygens (including phenoxy) is 1. The minimum absolute atomic E-state index is 0.209. The van der Waals surface area contributed by atoms with E-state index in [1.54, 1.807) is 13.0 Å². The van der Waals surface area contributed by atoms with E-state index in [2.05, 4.69) is 0 Å². The number of allylic oxidation sites excluding steroid dienone is 2. The number of carbonyl (C=O) groups excluding carboxylic acids is 1. The second-order valence-corrected chi connectivity index (χ2v) is 6.15. The van der Waals surface area contributed by atoms with Crippen LogP contribution in [0.1, 0.15) is 43.9 Å². The number of hydrogen-bond acceptors (Lipinski definition) is 5. The highest BCUT2D eigenvalue weighted by Gasteiger charge is 2.30. The second-order valence-electron chi connectivity index (χ2n) is 6.15. The lowest BCUT2D eigenvalue weighted by Gasteiger charge is -2.33. The van der Waals surface area contributed by atoms with E-state index >= 15 is 0 Å². The van der Waals surface area contributed by atoms with Crippen LogP contribution in [0.5, 0.6) is 0 Å². The maximum absolute atomic E-state index is 12.1. The summed E-state index contributed by atoms with van der Waals surface area (Å²) >= 11 is 0. The average Bonchev–Trinajstić information content (AvgIpc) is 2.86. The van der Waals surface area contributed by atoms with Gasteiger partial charge in [0.05, 0.1) is 19.8 Å². The zero-order valence-electron chi connectivity index (χ0n) is 14.4. The summed E-state index contributed by atoms with van der Waals surface area (Å²) in [5.41, 5.74) is 0.618. The van der Waals surface area contributed by atoms with Gasteiger partial charge in [0.2, 0.25) is 0 Å². The van der Waals surface area contributed by atoms with Crippen molar-refractivity contribution in [3.8, 4) is 0 Å². The fraction of sp³-hybridized carbons (Fsp3) is 0.421. The number of carbonyl (C=O) groups is 1. The molecule has 1 aliphatic rings. The Morgan fingerprint density at radius 1 is 1.38 bits per heavy atom. The molecule has 2 atom stereocenters. The van der Waals surface area contributed by atoms with Crippen molar-refractivity contribution in [2.24, 2.45) is 0 Å². The summed E-state index contributed by atoms with van der Waals surface area (Å²) in [5, 5.41) is 20.0. The summed E-state index contributed by atoms with van der Waals surface area (Å²) in [6.45, 7) is 3.15. The Bertz CT molecular complexity index is 649. The van der Waals surface area contributed by atoms with Gasteiger partial charge in [0, 0.05) is 6.20 Å². The molecule has 2 rings (SSSR count). The number of methoxy groups -OCH3 is 1. The lowest BCUT2D eigenvalue weighted by molar-refractivity contribution is -0.137. The Labute approximate surface area is 142 Å². The van der Waals surface area contributed by atoms with Crippen LogP contribution in [0.15, 0.2) is 48.3 Å². The standard InChI is InChI=1S/C19H25NO4/c1-14(15-9-6-7-10-16(15)19(2,23)13-21)20-12-8-4-5-11-17(20)18(22)24-3/h6-12,14,21,23H,4-5,13H2,1-3H3/t14-,19?/m0/s1.